The van der Waals surface area contributed by atoms with Gasteiger partial charge in [0.05, 0.1) is 23.5 Å². The molecular formula is C14H16N6O. The molecule has 0 bridgehead atoms. The Morgan fingerprint density at radius 1 is 1.52 bits per heavy atom. The van der Waals surface area contributed by atoms with Crippen molar-refractivity contribution in [3.8, 4) is 6.07 Å². The number of carbonyl (C=O) groups excluding carboxylic acids is 1. The third kappa shape index (κ3) is 2.95. The number of nitriles is 1. The molecule has 2 aromatic heterocycles. The number of rotatable bonds is 3. The first-order chi connectivity index (χ1) is 10.3. The number of nitrogens with one attached hydrogen (secondary N) is 3. The summed E-state index contributed by atoms with van der Waals surface area (Å²) >= 11 is 0. The number of amides is 1. The second kappa shape index (κ2) is 5.81. The van der Waals surface area contributed by atoms with Crippen molar-refractivity contribution in [1.29, 1.82) is 5.26 Å². The first-order valence-electron chi connectivity index (χ1n) is 6.89. The number of aromatic nitrogens is 3. The van der Waals surface area contributed by atoms with Gasteiger partial charge in [0.2, 0.25) is 0 Å². The van der Waals surface area contributed by atoms with Gasteiger partial charge in [-0.05, 0) is 25.1 Å². The van der Waals surface area contributed by atoms with Crippen molar-refractivity contribution in [3.63, 3.8) is 0 Å². The van der Waals surface area contributed by atoms with Crippen LogP contribution >= 0.6 is 0 Å². The molecule has 108 valence electrons. The number of carbonyl (C=O) groups is 1. The number of aryl methyl sites for hydroxylation is 1. The summed E-state index contributed by atoms with van der Waals surface area (Å²) in [6.07, 6.45) is 2.57. The number of nitrogens with zero attached hydrogens (tertiary/aromatic N) is 3. The lowest BCUT2D eigenvalue weighted by atomic mass is 10.3. The molecule has 0 unspecified atom stereocenters. The van der Waals surface area contributed by atoms with Crippen molar-refractivity contribution < 1.29 is 4.79 Å². The van der Waals surface area contributed by atoms with E-state index in [1.165, 1.54) is 12.3 Å². The summed E-state index contributed by atoms with van der Waals surface area (Å²) < 4.78 is 1.99. The number of fused-ring (bicyclic) bond motifs is 1. The Morgan fingerprint density at radius 3 is 3.24 bits per heavy atom. The fraction of sp³-hybridized carbons (Fsp3) is 0.357. The lowest BCUT2D eigenvalue weighted by Crippen LogP contribution is -2.23. The van der Waals surface area contributed by atoms with Gasteiger partial charge >= 0.3 is 0 Å². The number of H-pyrrole nitrogens is 1. The molecule has 1 aliphatic heterocycles. The predicted molar refractivity (Wildman–Crippen MR) is 75.2 cm³/mol. The second-order valence-corrected chi connectivity index (χ2v) is 4.98. The van der Waals surface area contributed by atoms with Crippen molar-refractivity contribution in [2.45, 2.75) is 26.1 Å². The molecule has 7 nitrogen and oxygen atoms in total. The van der Waals surface area contributed by atoms with Crippen LogP contribution in [-0.4, -0.2) is 27.2 Å². The molecule has 3 rings (SSSR count). The van der Waals surface area contributed by atoms with Crippen LogP contribution in [0.1, 0.15) is 33.9 Å². The molecule has 0 spiro atoms. The minimum absolute atomic E-state index is 0.238. The smallest absolute Gasteiger partial charge is 0.268 e. The zero-order valence-corrected chi connectivity index (χ0v) is 11.5. The highest BCUT2D eigenvalue weighted by molar-refractivity contribution is 5.92. The normalized spacial score (nSPS) is 14.0. The lowest BCUT2D eigenvalue weighted by Gasteiger charge is -2.01. The quantitative estimate of drug-likeness (QED) is 0.764. The SMILES string of the molecule is N#Cc1c[nH]c(C(=O)NCc2cc3n(n2)CCCNC3)c1. The van der Waals surface area contributed by atoms with Gasteiger partial charge in [-0.25, -0.2) is 0 Å². The summed E-state index contributed by atoms with van der Waals surface area (Å²) in [6, 6.07) is 5.52. The van der Waals surface area contributed by atoms with Gasteiger partial charge in [-0.1, -0.05) is 0 Å². The topological polar surface area (TPSA) is 98.5 Å². The van der Waals surface area contributed by atoms with Gasteiger partial charge in [0.15, 0.2) is 0 Å². The summed E-state index contributed by atoms with van der Waals surface area (Å²) in [4.78, 5) is 14.7. The van der Waals surface area contributed by atoms with E-state index in [0.717, 1.165) is 37.4 Å². The van der Waals surface area contributed by atoms with Crippen molar-refractivity contribution in [1.82, 2.24) is 25.4 Å². The van der Waals surface area contributed by atoms with E-state index < -0.39 is 0 Å². The van der Waals surface area contributed by atoms with Gasteiger partial charge in [0, 0.05) is 19.3 Å². The minimum atomic E-state index is -0.238. The molecule has 0 aromatic carbocycles. The molecule has 7 heteroatoms. The zero-order valence-electron chi connectivity index (χ0n) is 11.5. The van der Waals surface area contributed by atoms with Crippen molar-refractivity contribution >= 4 is 5.91 Å². The number of hydrogen-bond donors (Lipinski definition) is 3. The molecule has 1 amide bonds. The Hall–Kier alpha value is -2.59. The summed E-state index contributed by atoms with van der Waals surface area (Å²) in [5.41, 5.74) is 2.81. The van der Waals surface area contributed by atoms with Crippen LogP contribution < -0.4 is 10.6 Å². The fourth-order valence-corrected chi connectivity index (χ4v) is 2.36. The van der Waals surface area contributed by atoms with Crippen LogP contribution in [0, 0.1) is 11.3 Å². The zero-order chi connectivity index (χ0) is 14.7. The van der Waals surface area contributed by atoms with Crippen LogP contribution in [0.25, 0.3) is 0 Å². The second-order valence-electron chi connectivity index (χ2n) is 4.98. The van der Waals surface area contributed by atoms with Crippen LogP contribution in [-0.2, 0) is 19.6 Å². The summed E-state index contributed by atoms with van der Waals surface area (Å²) in [5.74, 6) is -0.238. The maximum Gasteiger partial charge on any atom is 0.268 e. The van der Waals surface area contributed by atoms with E-state index >= 15 is 0 Å². The molecule has 0 aliphatic carbocycles. The van der Waals surface area contributed by atoms with E-state index in [9.17, 15) is 4.79 Å². The Labute approximate surface area is 122 Å². The van der Waals surface area contributed by atoms with Gasteiger partial charge < -0.3 is 15.6 Å². The van der Waals surface area contributed by atoms with Crippen molar-refractivity contribution in [3.05, 3.63) is 41.0 Å². The van der Waals surface area contributed by atoms with Crippen molar-refractivity contribution in [2.75, 3.05) is 6.54 Å². The predicted octanol–water partition coefficient (Wildman–Crippen LogP) is 0.506. The lowest BCUT2D eigenvalue weighted by molar-refractivity contribution is 0.0946. The molecule has 3 N–H and O–H groups in total. The summed E-state index contributed by atoms with van der Waals surface area (Å²) in [5, 5.41) is 19.4. The van der Waals surface area contributed by atoms with Crippen LogP contribution in [0.3, 0.4) is 0 Å². The molecule has 2 aromatic rings. The Morgan fingerprint density at radius 2 is 2.43 bits per heavy atom. The highest BCUT2D eigenvalue weighted by Crippen LogP contribution is 2.09. The Bertz CT molecular complexity index is 669. The molecule has 0 radical (unpaired) electrons. The molecule has 0 saturated heterocycles. The Balaban J connectivity index is 1.62. The van der Waals surface area contributed by atoms with E-state index in [2.05, 4.69) is 20.7 Å². The molecule has 3 heterocycles. The minimum Gasteiger partial charge on any atom is -0.356 e. The summed E-state index contributed by atoms with van der Waals surface area (Å²) in [7, 11) is 0. The van der Waals surface area contributed by atoms with Crippen LogP contribution in [0.5, 0.6) is 0 Å². The molecule has 0 fully saturated rings. The number of aromatic amines is 1. The maximum atomic E-state index is 11.9. The van der Waals surface area contributed by atoms with Gasteiger partial charge in [0.1, 0.15) is 11.8 Å². The van der Waals surface area contributed by atoms with Gasteiger partial charge in [0.25, 0.3) is 5.91 Å². The van der Waals surface area contributed by atoms with E-state index in [-0.39, 0.29) is 5.91 Å². The van der Waals surface area contributed by atoms with Gasteiger partial charge in [-0.2, -0.15) is 10.4 Å². The highest BCUT2D eigenvalue weighted by Gasteiger charge is 2.12. The molecule has 21 heavy (non-hydrogen) atoms. The average Bonchev–Trinajstić information content (AvgIpc) is 3.07. The van der Waals surface area contributed by atoms with E-state index in [0.29, 0.717) is 17.8 Å². The monoisotopic (exact) mass is 284 g/mol. The third-order valence-corrected chi connectivity index (χ3v) is 3.43. The largest absolute Gasteiger partial charge is 0.356 e. The van der Waals surface area contributed by atoms with Crippen LogP contribution in [0.4, 0.5) is 0 Å². The highest BCUT2D eigenvalue weighted by atomic mass is 16.1. The molecule has 1 aliphatic rings. The third-order valence-electron chi connectivity index (χ3n) is 3.43. The standard InChI is InChI=1S/C14H16N6O/c15-6-10-4-13(17-7-10)14(21)18-8-11-5-12-9-16-2-1-3-20(12)19-11/h4-5,7,16-17H,1-3,8-9H2,(H,18,21). The maximum absolute atomic E-state index is 11.9. The molecular weight excluding hydrogens is 268 g/mol. The number of hydrogen-bond acceptors (Lipinski definition) is 4. The van der Waals surface area contributed by atoms with E-state index in [1.54, 1.807) is 0 Å². The van der Waals surface area contributed by atoms with Gasteiger partial charge in [-0.15, -0.1) is 0 Å². The van der Waals surface area contributed by atoms with Crippen LogP contribution in [0.15, 0.2) is 18.3 Å². The van der Waals surface area contributed by atoms with Crippen molar-refractivity contribution in [2.24, 2.45) is 0 Å². The molecule has 0 atom stereocenters. The molecule has 0 saturated carbocycles. The van der Waals surface area contributed by atoms with Gasteiger partial charge in [-0.3, -0.25) is 9.48 Å². The first kappa shape index (κ1) is 13.4. The summed E-state index contributed by atoms with van der Waals surface area (Å²) in [6.45, 7) is 3.09. The Kier molecular flexibility index (Phi) is 3.71. The van der Waals surface area contributed by atoms with E-state index in [1.807, 2.05) is 16.8 Å². The van der Waals surface area contributed by atoms with Crippen LogP contribution in [0.2, 0.25) is 0 Å². The average molecular weight is 284 g/mol. The fourth-order valence-electron chi connectivity index (χ4n) is 2.36. The first-order valence-corrected chi connectivity index (χ1v) is 6.89. The van der Waals surface area contributed by atoms with E-state index in [4.69, 9.17) is 5.26 Å².